The van der Waals surface area contributed by atoms with Crippen LogP contribution in [0, 0.1) is 17.8 Å². The number of hydrogen-bond donors (Lipinski definition) is 0. The molecule has 0 aliphatic heterocycles. The highest BCUT2D eigenvalue weighted by Gasteiger charge is 2.16. The van der Waals surface area contributed by atoms with Crippen molar-refractivity contribution in [2.45, 2.75) is 138 Å². The lowest BCUT2D eigenvalue weighted by molar-refractivity contribution is 0.432. The van der Waals surface area contributed by atoms with E-state index in [0.717, 1.165) is 17.8 Å². The average molecular weight is 415 g/mol. The highest BCUT2D eigenvalue weighted by Crippen LogP contribution is 2.28. The number of rotatable bonds is 18. The van der Waals surface area contributed by atoms with Crippen LogP contribution in [0.5, 0.6) is 0 Å². The molecule has 1 aromatic rings. The summed E-state index contributed by atoms with van der Waals surface area (Å²) in [5.41, 5.74) is 4.96. The van der Waals surface area contributed by atoms with Gasteiger partial charge in [0.1, 0.15) is 0 Å². The van der Waals surface area contributed by atoms with Gasteiger partial charge in [0.25, 0.3) is 0 Å². The highest BCUT2D eigenvalue weighted by atomic mass is 14.2. The van der Waals surface area contributed by atoms with Gasteiger partial charge in [0.05, 0.1) is 0 Å². The molecule has 0 bridgehead atoms. The van der Waals surface area contributed by atoms with Gasteiger partial charge in [0.15, 0.2) is 0 Å². The molecule has 0 aliphatic rings. The molecule has 0 saturated carbocycles. The summed E-state index contributed by atoms with van der Waals surface area (Å²) in [6.45, 7) is 14.2. The normalized spacial score (nSPS) is 14.6. The Balaban J connectivity index is 3.03. The Kier molecular flexibility index (Phi) is 15.3. The molecule has 3 unspecified atom stereocenters. The van der Waals surface area contributed by atoms with E-state index in [-0.39, 0.29) is 0 Å². The molecule has 0 amide bonds. The smallest absolute Gasteiger partial charge is 0.0248 e. The molecule has 0 fully saturated rings. The predicted octanol–water partition coefficient (Wildman–Crippen LogP) is 9.96. The number of hydrogen-bond acceptors (Lipinski definition) is 0. The highest BCUT2D eigenvalue weighted by molar-refractivity contribution is 5.33. The molecule has 0 nitrogen and oxygen atoms in total. The van der Waals surface area contributed by atoms with E-state index < -0.39 is 0 Å². The molecular weight excluding hydrogens is 360 g/mol. The Morgan fingerprint density at radius 1 is 0.533 bits per heavy atom. The number of unbranched alkanes of at least 4 members (excludes halogenated alkanes) is 3. The lowest BCUT2D eigenvalue weighted by Gasteiger charge is -2.22. The van der Waals surface area contributed by atoms with Gasteiger partial charge in [-0.2, -0.15) is 0 Å². The minimum atomic E-state index is 0.858. The summed E-state index contributed by atoms with van der Waals surface area (Å²) in [7, 11) is 0. The quantitative estimate of drug-likeness (QED) is 0.224. The van der Waals surface area contributed by atoms with Crippen LogP contribution in [-0.2, 0) is 19.3 Å². The molecule has 3 atom stereocenters. The van der Waals surface area contributed by atoms with Gasteiger partial charge in [0.2, 0.25) is 0 Å². The van der Waals surface area contributed by atoms with E-state index in [1.165, 1.54) is 96.3 Å². The van der Waals surface area contributed by atoms with Gasteiger partial charge < -0.3 is 0 Å². The molecule has 0 aliphatic carbocycles. The summed E-state index contributed by atoms with van der Waals surface area (Å²) >= 11 is 0. The molecule has 0 saturated heterocycles. The largest absolute Gasteiger partial charge is 0.0654 e. The molecule has 1 aromatic carbocycles. The maximum absolute atomic E-state index is 2.63. The number of benzene rings is 1. The van der Waals surface area contributed by atoms with Crippen LogP contribution in [0.15, 0.2) is 18.2 Å². The second-order valence-electron chi connectivity index (χ2n) is 9.96. The van der Waals surface area contributed by atoms with Gasteiger partial charge in [-0.25, -0.2) is 0 Å². The lowest BCUT2D eigenvalue weighted by atomic mass is 9.83. The van der Waals surface area contributed by atoms with Crippen molar-refractivity contribution < 1.29 is 0 Å². The molecule has 0 heteroatoms. The fourth-order valence-electron chi connectivity index (χ4n) is 4.98. The van der Waals surface area contributed by atoms with Crippen LogP contribution in [0.2, 0.25) is 0 Å². The lowest BCUT2D eigenvalue weighted by Crippen LogP contribution is -2.11. The van der Waals surface area contributed by atoms with Crippen LogP contribution in [-0.4, -0.2) is 0 Å². The minimum Gasteiger partial charge on any atom is -0.0654 e. The molecule has 30 heavy (non-hydrogen) atoms. The fraction of sp³-hybridized carbons (Fsp3) is 0.800. The fourth-order valence-corrected chi connectivity index (χ4v) is 4.98. The molecule has 0 radical (unpaired) electrons. The van der Waals surface area contributed by atoms with Crippen LogP contribution in [0.25, 0.3) is 0 Å². The SMILES string of the molecule is CCCCC(CC)Cc1ccc(CC(CC)CCCC)c(CC(CC)CCCC)c1. The summed E-state index contributed by atoms with van der Waals surface area (Å²) < 4.78 is 0. The van der Waals surface area contributed by atoms with Gasteiger partial charge in [-0.05, 0) is 53.7 Å². The average Bonchev–Trinajstić information content (AvgIpc) is 2.77. The molecule has 0 aromatic heterocycles. The monoisotopic (exact) mass is 414 g/mol. The van der Waals surface area contributed by atoms with Crippen molar-refractivity contribution in [3.8, 4) is 0 Å². The molecule has 174 valence electrons. The van der Waals surface area contributed by atoms with Crippen molar-refractivity contribution in [3.05, 3.63) is 34.9 Å². The topological polar surface area (TPSA) is 0 Å². The summed E-state index contributed by atoms with van der Waals surface area (Å²) in [5.74, 6) is 2.58. The van der Waals surface area contributed by atoms with Crippen molar-refractivity contribution in [1.29, 1.82) is 0 Å². The summed E-state index contributed by atoms with van der Waals surface area (Å²) in [6.07, 6.45) is 20.2. The predicted molar refractivity (Wildman–Crippen MR) is 137 cm³/mol. The van der Waals surface area contributed by atoms with Gasteiger partial charge in [-0.1, -0.05) is 137 Å². The second-order valence-corrected chi connectivity index (χ2v) is 9.96. The first kappa shape index (κ1) is 27.3. The Labute approximate surface area is 190 Å². The summed E-state index contributed by atoms with van der Waals surface area (Å²) in [6, 6.07) is 7.64. The molecule has 0 spiro atoms. The maximum atomic E-state index is 2.63. The Morgan fingerprint density at radius 2 is 0.967 bits per heavy atom. The van der Waals surface area contributed by atoms with Crippen LogP contribution >= 0.6 is 0 Å². The van der Waals surface area contributed by atoms with Gasteiger partial charge in [-0.15, -0.1) is 0 Å². The van der Waals surface area contributed by atoms with Crippen LogP contribution < -0.4 is 0 Å². The first-order valence-corrected chi connectivity index (χ1v) is 13.7. The third-order valence-corrected chi connectivity index (χ3v) is 7.44. The van der Waals surface area contributed by atoms with Crippen LogP contribution in [0.1, 0.15) is 135 Å². The van der Waals surface area contributed by atoms with Crippen LogP contribution in [0.4, 0.5) is 0 Å². The van der Waals surface area contributed by atoms with E-state index in [4.69, 9.17) is 0 Å². The van der Waals surface area contributed by atoms with E-state index in [0.29, 0.717) is 0 Å². The van der Waals surface area contributed by atoms with Crippen molar-refractivity contribution in [2.24, 2.45) is 17.8 Å². The van der Waals surface area contributed by atoms with E-state index in [9.17, 15) is 0 Å². The van der Waals surface area contributed by atoms with E-state index >= 15 is 0 Å². The first-order valence-electron chi connectivity index (χ1n) is 13.7. The maximum Gasteiger partial charge on any atom is -0.0248 e. The van der Waals surface area contributed by atoms with Crippen molar-refractivity contribution in [2.75, 3.05) is 0 Å². The molecule has 0 N–H and O–H groups in total. The first-order chi connectivity index (χ1) is 14.6. The Morgan fingerprint density at radius 3 is 1.40 bits per heavy atom. The zero-order valence-corrected chi connectivity index (χ0v) is 21.6. The summed E-state index contributed by atoms with van der Waals surface area (Å²) in [4.78, 5) is 0. The Hall–Kier alpha value is -0.780. The van der Waals surface area contributed by atoms with E-state index in [1.54, 1.807) is 16.7 Å². The molecular formula is C30H54. The van der Waals surface area contributed by atoms with Crippen LogP contribution in [0.3, 0.4) is 0 Å². The standard InChI is InChI=1S/C30H54/c1-7-13-16-25(10-4)21-28-19-20-29(22-26(11-5)17-14-8-2)30(24-28)23-27(12-6)18-15-9-3/h19-20,24-27H,7-18,21-23H2,1-6H3. The van der Waals surface area contributed by atoms with Gasteiger partial charge >= 0.3 is 0 Å². The minimum absolute atomic E-state index is 0.858. The van der Waals surface area contributed by atoms with Gasteiger partial charge in [0, 0.05) is 0 Å². The zero-order chi connectivity index (χ0) is 22.2. The van der Waals surface area contributed by atoms with Crippen molar-refractivity contribution >= 4 is 0 Å². The zero-order valence-electron chi connectivity index (χ0n) is 21.6. The molecule has 1 rings (SSSR count). The van der Waals surface area contributed by atoms with E-state index in [1.807, 2.05) is 0 Å². The van der Waals surface area contributed by atoms with E-state index in [2.05, 4.69) is 59.7 Å². The van der Waals surface area contributed by atoms with Gasteiger partial charge in [-0.3, -0.25) is 0 Å². The summed E-state index contributed by atoms with van der Waals surface area (Å²) in [5, 5.41) is 0. The third kappa shape index (κ3) is 10.5. The Bertz CT molecular complexity index is 529. The molecule has 0 heterocycles. The second kappa shape index (κ2) is 16.9. The van der Waals surface area contributed by atoms with Crippen molar-refractivity contribution in [3.63, 3.8) is 0 Å². The third-order valence-electron chi connectivity index (χ3n) is 7.44. The van der Waals surface area contributed by atoms with Crippen molar-refractivity contribution in [1.82, 2.24) is 0 Å².